The third kappa shape index (κ3) is 1.93. The van der Waals surface area contributed by atoms with Crippen LogP contribution in [0.2, 0.25) is 0 Å². The fourth-order valence-corrected chi connectivity index (χ4v) is 1.76. The van der Waals surface area contributed by atoms with Crippen molar-refractivity contribution < 1.29 is 9.53 Å². The summed E-state index contributed by atoms with van der Waals surface area (Å²) in [5.41, 5.74) is 2.03. The lowest BCUT2D eigenvalue weighted by Gasteiger charge is -2.05. The standard InChI is InChI=1S/C13H13NO3/c1-7-4-9-6-11(13(16)17-3)14-12(15)10(9)5-8(7)2/h4-6H,1-3H3,(H,14,15). The first-order valence-electron chi connectivity index (χ1n) is 5.25. The molecule has 0 unspecified atom stereocenters. The summed E-state index contributed by atoms with van der Waals surface area (Å²) in [5.74, 6) is -0.540. The zero-order chi connectivity index (χ0) is 12.6. The maximum atomic E-state index is 11.8. The zero-order valence-corrected chi connectivity index (χ0v) is 9.96. The number of methoxy groups -OCH3 is 1. The number of hydrogen-bond donors (Lipinski definition) is 1. The molecule has 0 radical (unpaired) electrons. The fourth-order valence-electron chi connectivity index (χ4n) is 1.76. The molecule has 4 heteroatoms. The minimum atomic E-state index is -0.540. The van der Waals surface area contributed by atoms with Gasteiger partial charge in [-0.25, -0.2) is 4.79 Å². The van der Waals surface area contributed by atoms with Crippen molar-refractivity contribution >= 4 is 16.7 Å². The Morgan fingerprint density at radius 3 is 2.47 bits per heavy atom. The van der Waals surface area contributed by atoms with E-state index in [2.05, 4.69) is 9.72 Å². The minimum Gasteiger partial charge on any atom is -0.464 e. The van der Waals surface area contributed by atoms with Crippen molar-refractivity contribution in [2.75, 3.05) is 7.11 Å². The van der Waals surface area contributed by atoms with Crippen LogP contribution in [0.3, 0.4) is 0 Å². The highest BCUT2D eigenvalue weighted by Gasteiger charge is 2.10. The molecule has 1 aromatic heterocycles. The van der Waals surface area contributed by atoms with Crippen LogP contribution >= 0.6 is 0 Å². The molecule has 88 valence electrons. The van der Waals surface area contributed by atoms with Crippen molar-refractivity contribution in [2.45, 2.75) is 13.8 Å². The van der Waals surface area contributed by atoms with E-state index in [1.807, 2.05) is 26.0 Å². The highest BCUT2D eigenvalue weighted by Crippen LogP contribution is 2.17. The number of carbonyl (C=O) groups excluding carboxylic acids is 1. The summed E-state index contributed by atoms with van der Waals surface area (Å²) in [6.45, 7) is 3.91. The zero-order valence-electron chi connectivity index (χ0n) is 9.96. The molecule has 1 aromatic carbocycles. The molecule has 0 aliphatic rings. The van der Waals surface area contributed by atoms with Gasteiger partial charge in [0, 0.05) is 5.39 Å². The second-order valence-electron chi connectivity index (χ2n) is 4.03. The van der Waals surface area contributed by atoms with Gasteiger partial charge in [-0.15, -0.1) is 0 Å². The molecule has 0 bridgehead atoms. The normalized spacial score (nSPS) is 10.5. The van der Waals surface area contributed by atoms with Crippen molar-refractivity contribution in [1.82, 2.24) is 4.98 Å². The summed E-state index contributed by atoms with van der Waals surface area (Å²) in [6, 6.07) is 5.35. The van der Waals surface area contributed by atoms with E-state index in [0.717, 1.165) is 16.5 Å². The van der Waals surface area contributed by atoms with Gasteiger partial charge in [-0.3, -0.25) is 4.79 Å². The van der Waals surface area contributed by atoms with Crippen LogP contribution in [-0.4, -0.2) is 18.1 Å². The van der Waals surface area contributed by atoms with Gasteiger partial charge < -0.3 is 9.72 Å². The second-order valence-corrected chi connectivity index (χ2v) is 4.03. The van der Waals surface area contributed by atoms with E-state index in [-0.39, 0.29) is 11.3 Å². The molecule has 0 saturated carbocycles. The van der Waals surface area contributed by atoms with E-state index < -0.39 is 5.97 Å². The Hall–Kier alpha value is -2.10. The number of hydrogen-bond acceptors (Lipinski definition) is 3. The predicted octanol–water partition coefficient (Wildman–Crippen LogP) is 1.93. The van der Waals surface area contributed by atoms with Crippen molar-refractivity contribution in [2.24, 2.45) is 0 Å². The number of benzene rings is 1. The first-order chi connectivity index (χ1) is 8.02. The van der Waals surface area contributed by atoms with Crippen molar-refractivity contribution in [3.05, 3.63) is 45.4 Å². The number of pyridine rings is 1. The molecule has 0 aliphatic carbocycles. The molecule has 0 atom stereocenters. The summed E-state index contributed by atoms with van der Waals surface area (Å²) in [5, 5.41) is 1.33. The van der Waals surface area contributed by atoms with Gasteiger partial charge in [0.2, 0.25) is 0 Å². The average molecular weight is 231 g/mol. The van der Waals surface area contributed by atoms with Gasteiger partial charge in [0.15, 0.2) is 0 Å². The smallest absolute Gasteiger partial charge is 0.354 e. The SMILES string of the molecule is COC(=O)c1cc2cc(C)c(C)cc2c(=O)[nH]1. The Bertz CT molecular complexity index is 655. The molecule has 0 saturated heterocycles. The number of carbonyl (C=O) groups is 1. The lowest BCUT2D eigenvalue weighted by Crippen LogP contribution is -2.14. The largest absolute Gasteiger partial charge is 0.464 e. The lowest BCUT2D eigenvalue weighted by atomic mass is 10.0. The van der Waals surface area contributed by atoms with Gasteiger partial charge in [0.1, 0.15) is 5.69 Å². The first-order valence-corrected chi connectivity index (χ1v) is 5.25. The van der Waals surface area contributed by atoms with Crippen molar-refractivity contribution in [3.8, 4) is 0 Å². The van der Waals surface area contributed by atoms with Crippen LogP contribution in [-0.2, 0) is 4.74 Å². The number of fused-ring (bicyclic) bond motifs is 1. The lowest BCUT2D eigenvalue weighted by molar-refractivity contribution is 0.0594. The van der Waals surface area contributed by atoms with Gasteiger partial charge in [0.05, 0.1) is 7.11 Å². The Morgan fingerprint density at radius 2 is 1.82 bits per heavy atom. The molecular weight excluding hydrogens is 218 g/mol. The fraction of sp³-hybridized carbons (Fsp3) is 0.231. The molecule has 0 aliphatic heterocycles. The van der Waals surface area contributed by atoms with E-state index in [0.29, 0.717) is 5.39 Å². The van der Waals surface area contributed by atoms with E-state index in [1.54, 1.807) is 6.07 Å². The molecule has 0 amide bonds. The predicted molar refractivity (Wildman–Crippen MR) is 65.4 cm³/mol. The number of ether oxygens (including phenoxy) is 1. The third-order valence-corrected chi connectivity index (χ3v) is 2.86. The third-order valence-electron chi connectivity index (χ3n) is 2.86. The molecular formula is C13H13NO3. The maximum Gasteiger partial charge on any atom is 0.354 e. The minimum absolute atomic E-state index is 0.174. The molecule has 1 heterocycles. The summed E-state index contributed by atoms with van der Waals surface area (Å²) < 4.78 is 4.59. The molecule has 0 fully saturated rings. The van der Waals surface area contributed by atoms with Crippen LogP contribution in [0.4, 0.5) is 0 Å². The number of aromatic nitrogens is 1. The Morgan fingerprint density at radius 1 is 1.18 bits per heavy atom. The quantitative estimate of drug-likeness (QED) is 0.763. The van der Waals surface area contributed by atoms with Crippen LogP contribution in [0.25, 0.3) is 10.8 Å². The van der Waals surface area contributed by atoms with Crippen LogP contribution in [0, 0.1) is 13.8 Å². The second kappa shape index (κ2) is 4.05. The topological polar surface area (TPSA) is 59.2 Å². The van der Waals surface area contributed by atoms with E-state index in [4.69, 9.17) is 0 Å². The molecule has 2 rings (SSSR count). The van der Waals surface area contributed by atoms with Gasteiger partial charge >= 0.3 is 5.97 Å². The highest BCUT2D eigenvalue weighted by molar-refractivity contribution is 5.93. The first kappa shape index (κ1) is 11.4. The van der Waals surface area contributed by atoms with Gasteiger partial charge in [-0.05, 0) is 42.5 Å². The number of nitrogens with one attached hydrogen (secondary N) is 1. The van der Waals surface area contributed by atoms with Crippen molar-refractivity contribution in [1.29, 1.82) is 0 Å². The number of aromatic amines is 1. The Kier molecular flexibility index (Phi) is 2.71. The van der Waals surface area contributed by atoms with Crippen LogP contribution in [0.15, 0.2) is 23.0 Å². The molecule has 1 N–H and O–H groups in total. The van der Waals surface area contributed by atoms with Gasteiger partial charge in [-0.2, -0.15) is 0 Å². The highest BCUT2D eigenvalue weighted by atomic mass is 16.5. The summed E-state index contributed by atoms with van der Waals surface area (Å²) >= 11 is 0. The molecule has 17 heavy (non-hydrogen) atoms. The summed E-state index contributed by atoms with van der Waals surface area (Å²) in [4.78, 5) is 25.7. The molecule has 0 spiro atoms. The van der Waals surface area contributed by atoms with Crippen LogP contribution in [0.1, 0.15) is 21.6 Å². The number of esters is 1. The van der Waals surface area contributed by atoms with E-state index in [9.17, 15) is 9.59 Å². The molecule has 2 aromatic rings. The molecule has 4 nitrogen and oxygen atoms in total. The summed E-state index contributed by atoms with van der Waals surface area (Å²) in [7, 11) is 1.28. The number of rotatable bonds is 1. The van der Waals surface area contributed by atoms with E-state index >= 15 is 0 Å². The van der Waals surface area contributed by atoms with Crippen molar-refractivity contribution in [3.63, 3.8) is 0 Å². The van der Waals surface area contributed by atoms with Crippen LogP contribution in [0.5, 0.6) is 0 Å². The van der Waals surface area contributed by atoms with Gasteiger partial charge in [-0.1, -0.05) is 6.07 Å². The average Bonchev–Trinajstić information content (AvgIpc) is 2.30. The number of H-pyrrole nitrogens is 1. The Labute approximate surface area is 98.2 Å². The summed E-state index contributed by atoms with van der Waals surface area (Å²) in [6.07, 6.45) is 0. The van der Waals surface area contributed by atoms with Crippen LogP contribution < -0.4 is 5.56 Å². The number of aryl methyl sites for hydroxylation is 2. The Balaban J connectivity index is 2.78. The monoisotopic (exact) mass is 231 g/mol. The maximum absolute atomic E-state index is 11.8. The van der Waals surface area contributed by atoms with Gasteiger partial charge in [0.25, 0.3) is 5.56 Å². The van der Waals surface area contributed by atoms with E-state index in [1.165, 1.54) is 7.11 Å².